The number of rotatable bonds is 4. The summed E-state index contributed by atoms with van der Waals surface area (Å²) in [4.78, 5) is 12.9. The van der Waals surface area contributed by atoms with Crippen LogP contribution in [0.5, 0.6) is 0 Å². The largest absolute Gasteiger partial charge is 0.300 e. The number of amides is 1. The van der Waals surface area contributed by atoms with Gasteiger partial charge in [0.1, 0.15) is 0 Å². The Morgan fingerprint density at radius 3 is 2.43 bits per heavy atom. The van der Waals surface area contributed by atoms with Gasteiger partial charge in [0.05, 0.1) is 5.41 Å². The fraction of sp³-hybridized carbons (Fsp3) is 0.800. The first kappa shape index (κ1) is 14.0. The number of hydrogen-bond acceptors (Lipinski definition) is 5. The molecule has 1 amide bonds. The van der Waals surface area contributed by atoms with Crippen molar-refractivity contribution >= 4 is 34.1 Å². The summed E-state index contributed by atoms with van der Waals surface area (Å²) in [5.74, 6) is 3.58. The van der Waals surface area contributed by atoms with Crippen LogP contribution in [-0.4, -0.2) is 21.9 Å². The van der Waals surface area contributed by atoms with E-state index >= 15 is 0 Å². The van der Waals surface area contributed by atoms with Crippen LogP contribution in [0.2, 0.25) is 0 Å². The highest BCUT2D eigenvalue weighted by atomic mass is 32.2. The number of nitrogens with zero attached hydrogens (tertiary/aromatic N) is 2. The first-order chi connectivity index (χ1) is 10.2. The SMILES string of the molecule is CCSc1nnc(NC(=O)C23CC4CC(CC(C4)C2)C3)s1. The number of carbonyl (C=O) groups excluding carboxylic acids is 1. The van der Waals surface area contributed by atoms with Gasteiger partial charge in [0.2, 0.25) is 11.0 Å². The van der Waals surface area contributed by atoms with Gasteiger partial charge in [0.15, 0.2) is 4.34 Å². The Bertz CT molecular complexity index is 522. The molecule has 0 saturated heterocycles. The smallest absolute Gasteiger partial charge is 0.232 e. The van der Waals surface area contributed by atoms with Gasteiger partial charge in [-0.15, -0.1) is 10.2 Å². The number of anilines is 1. The van der Waals surface area contributed by atoms with Crippen LogP contribution in [0, 0.1) is 23.2 Å². The average Bonchev–Trinajstić information content (AvgIpc) is 2.85. The van der Waals surface area contributed by atoms with E-state index in [1.165, 1.54) is 30.6 Å². The van der Waals surface area contributed by atoms with Gasteiger partial charge in [-0.2, -0.15) is 0 Å². The maximum atomic E-state index is 12.9. The van der Waals surface area contributed by atoms with E-state index in [-0.39, 0.29) is 11.3 Å². The zero-order chi connectivity index (χ0) is 14.4. The molecule has 1 heterocycles. The second-order valence-electron chi connectivity index (χ2n) is 6.96. The molecule has 6 heteroatoms. The summed E-state index contributed by atoms with van der Waals surface area (Å²) in [7, 11) is 0. The Hall–Kier alpha value is -0.620. The summed E-state index contributed by atoms with van der Waals surface area (Å²) in [6.45, 7) is 2.10. The van der Waals surface area contributed by atoms with Crippen molar-refractivity contribution in [3.63, 3.8) is 0 Å². The second kappa shape index (κ2) is 5.23. The molecule has 4 bridgehead atoms. The van der Waals surface area contributed by atoms with Crippen LogP contribution in [0.25, 0.3) is 0 Å². The van der Waals surface area contributed by atoms with Gasteiger partial charge in [0, 0.05) is 0 Å². The van der Waals surface area contributed by atoms with E-state index in [2.05, 4.69) is 22.4 Å². The third kappa shape index (κ3) is 2.50. The van der Waals surface area contributed by atoms with Crippen LogP contribution in [0.15, 0.2) is 4.34 Å². The number of nitrogens with one attached hydrogen (secondary N) is 1. The normalized spacial score (nSPS) is 36.9. The molecule has 0 radical (unpaired) electrons. The first-order valence-corrected chi connectivity index (χ1v) is 9.75. The van der Waals surface area contributed by atoms with Crippen LogP contribution in [0.3, 0.4) is 0 Å². The van der Waals surface area contributed by atoms with Gasteiger partial charge in [-0.1, -0.05) is 30.0 Å². The lowest BCUT2D eigenvalue weighted by atomic mass is 9.49. The van der Waals surface area contributed by atoms with Crippen molar-refractivity contribution in [1.29, 1.82) is 0 Å². The summed E-state index contributed by atoms with van der Waals surface area (Å²) in [5.41, 5.74) is -0.0987. The maximum absolute atomic E-state index is 12.9. The summed E-state index contributed by atoms with van der Waals surface area (Å²) in [6.07, 6.45) is 7.38. The molecule has 0 spiro atoms. The zero-order valence-corrected chi connectivity index (χ0v) is 13.9. The van der Waals surface area contributed by atoms with Crippen molar-refractivity contribution in [2.75, 3.05) is 11.1 Å². The molecular weight excluding hydrogens is 302 g/mol. The monoisotopic (exact) mass is 323 g/mol. The molecule has 0 atom stereocenters. The molecule has 0 unspecified atom stereocenters. The van der Waals surface area contributed by atoms with Crippen LogP contribution in [0.4, 0.5) is 5.13 Å². The molecule has 0 aliphatic heterocycles. The minimum Gasteiger partial charge on any atom is -0.300 e. The summed E-state index contributed by atoms with van der Waals surface area (Å²) < 4.78 is 0.943. The van der Waals surface area contributed by atoms with Gasteiger partial charge in [-0.05, 0) is 62.0 Å². The van der Waals surface area contributed by atoms with Crippen LogP contribution in [-0.2, 0) is 4.79 Å². The van der Waals surface area contributed by atoms with Crippen molar-refractivity contribution in [3.8, 4) is 0 Å². The number of carbonyl (C=O) groups is 1. The minimum absolute atomic E-state index is 0.0987. The van der Waals surface area contributed by atoms with E-state index in [1.807, 2.05) is 0 Å². The average molecular weight is 323 g/mol. The highest BCUT2D eigenvalue weighted by Gasteiger charge is 2.54. The van der Waals surface area contributed by atoms with E-state index in [9.17, 15) is 4.79 Å². The molecular formula is C15H21N3OS2. The maximum Gasteiger partial charge on any atom is 0.232 e. The lowest BCUT2D eigenvalue weighted by molar-refractivity contribution is -0.140. The molecule has 4 aliphatic carbocycles. The zero-order valence-electron chi connectivity index (χ0n) is 12.3. The Morgan fingerprint density at radius 2 is 1.86 bits per heavy atom. The standard InChI is InChI=1S/C15H21N3OS2/c1-2-20-14-18-17-13(21-14)16-12(19)15-6-9-3-10(7-15)5-11(4-9)8-15/h9-11H,2-8H2,1H3,(H,16,17,19). The topological polar surface area (TPSA) is 54.9 Å². The van der Waals surface area contributed by atoms with Crippen LogP contribution < -0.4 is 5.32 Å². The van der Waals surface area contributed by atoms with Gasteiger partial charge in [-0.3, -0.25) is 4.79 Å². The predicted octanol–water partition coefficient (Wildman–Crippen LogP) is 3.81. The lowest BCUT2D eigenvalue weighted by Crippen LogP contribution is -2.51. The third-order valence-corrected chi connectivity index (χ3v) is 7.27. The predicted molar refractivity (Wildman–Crippen MR) is 85.5 cm³/mol. The summed E-state index contributed by atoms with van der Waals surface area (Å²) >= 11 is 3.17. The third-order valence-electron chi connectivity index (χ3n) is 5.41. The molecule has 1 aromatic rings. The summed E-state index contributed by atoms with van der Waals surface area (Å²) in [5, 5.41) is 12.0. The highest BCUT2D eigenvalue weighted by Crippen LogP contribution is 2.60. The van der Waals surface area contributed by atoms with Crippen molar-refractivity contribution in [2.24, 2.45) is 23.2 Å². The van der Waals surface area contributed by atoms with Gasteiger partial charge >= 0.3 is 0 Å². The van der Waals surface area contributed by atoms with E-state index in [0.717, 1.165) is 47.1 Å². The molecule has 1 aromatic heterocycles. The van der Waals surface area contributed by atoms with E-state index in [0.29, 0.717) is 5.13 Å². The van der Waals surface area contributed by atoms with Crippen LogP contribution >= 0.6 is 23.1 Å². The summed E-state index contributed by atoms with van der Waals surface area (Å²) in [6, 6.07) is 0. The van der Waals surface area contributed by atoms with E-state index in [1.54, 1.807) is 11.8 Å². The quantitative estimate of drug-likeness (QED) is 0.676. The highest BCUT2D eigenvalue weighted by molar-refractivity contribution is 8.01. The van der Waals surface area contributed by atoms with Crippen molar-refractivity contribution < 1.29 is 4.79 Å². The molecule has 1 N–H and O–H groups in total. The second-order valence-corrected chi connectivity index (χ2v) is 9.45. The van der Waals surface area contributed by atoms with Crippen molar-refractivity contribution in [2.45, 2.75) is 49.8 Å². The lowest BCUT2D eigenvalue weighted by Gasteiger charge is -2.55. The van der Waals surface area contributed by atoms with Crippen molar-refractivity contribution in [1.82, 2.24) is 10.2 Å². The molecule has 0 aromatic carbocycles. The number of hydrogen-bond donors (Lipinski definition) is 1. The fourth-order valence-electron chi connectivity index (χ4n) is 5.06. The van der Waals surface area contributed by atoms with Gasteiger partial charge in [0.25, 0.3) is 0 Å². The Kier molecular flexibility index (Phi) is 3.49. The molecule has 4 aliphatic rings. The fourth-order valence-corrected chi connectivity index (χ4v) is 6.70. The van der Waals surface area contributed by atoms with E-state index in [4.69, 9.17) is 0 Å². The Balaban J connectivity index is 1.49. The van der Waals surface area contributed by atoms with Gasteiger partial charge in [-0.25, -0.2) is 0 Å². The molecule has 5 rings (SSSR count). The molecule has 4 nitrogen and oxygen atoms in total. The molecule has 21 heavy (non-hydrogen) atoms. The van der Waals surface area contributed by atoms with E-state index < -0.39 is 0 Å². The molecule has 4 fully saturated rings. The molecule has 4 saturated carbocycles. The van der Waals surface area contributed by atoms with Crippen molar-refractivity contribution in [3.05, 3.63) is 0 Å². The van der Waals surface area contributed by atoms with Gasteiger partial charge < -0.3 is 5.32 Å². The minimum atomic E-state index is -0.0987. The number of thioether (sulfide) groups is 1. The Morgan fingerprint density at radius 1 is 1.24 bits per heavy atom. The molecule has 114 valence electrons. The number of aromatic nitrogens is 2. The first-order valence-electron chi connectivity index (χ1n) is 7.94. The Labute approximate surface area is 133 Å². The van der Waals surface area contributed by atoms with Crippen LogP contribution in [0.1, 0.15) is 45.4 Å².